The van der Waals surface area contributed by atoms with Gasteiger partial charge in [-0.15, -0.1) is 0 Å². The third-order valence-corrected chi connectivity index (χ3v) is 2.16. The Morgan fingerprint density at radius 3 is 2.50 bits per heavy atom. The van der Waals surface area contributed by atoms with Gasteiger partial charge in [0.2, 0.25) is 0 Å². The number of hydrogen-bond acceptors (Lipinski definition) is 3. The zero-order valence-corrected chi connectivity index (χ0v) is 8.86. The fourth-order valence-corrected chi connectivity index (χ4v) is 1.52. The van der Waals surface area contributed by atoms with Gasteiger partial charge in [0.25, 0.3) is 5.24 Å². The van der Waals surface area contributed by atoms with E-state index in [4.69, 9.17) is 44.3 Å². The normalized spacial score (nSPS) is 16.8. The Hall–Kier alpha value is -0.640. The van der Waals surface area contributed by atoms with Gasteiger partial charge in [0.15, 0.2) is 11.5 Å². The number of halogens is 3. The van der Waals surface area contributed by atoms with Crippen LogP contribution in [0.25, 0.3) is 0 Å². The molecule has 14 heavy (non-hydrogen) atoms. The molecule has 2 rings (SSSR count). The van der Waals surface area contributed by atoms with Gasteiger partial charge < -0.3 is 9.47 Å². The molecule has 1 heterocycles. The average Bonchev–Trinajstić information content (AvgIpc) is 2.36. The summed E-state index contributed by atoms with van der Waals surface area (Å²) < 4.78 is 8.24. The van der Waals surface area contributed by atoms with Gasteiger partial charge in [-0.1, -0.05) is 0 Å². The van der Waals surface area contributed by atoms with Gasteiger partial charge in [-0.25, -0.2) is 0 Å². The molecule has 0 aliphatic carbocycles. The molecule has 0 bridgehead atoms. The highest BCUT2D eigenvalue weighted by molar-refractivity contribution is 6.67. The van der Waals surface area contributed by atoms with Gasteiger partial charge in [0, 0.05) is 5.56 Å². The maximum absolute atomic E-state index is 10.8. The van der Waals surface area contributed by atoms with Crippen molar-refractivity contribution >= 4 is 40.0 Å². The highest BCUT2D eigenvalue weighted by Crippen LogP contribution is 2.43. The van der Waals surface area contributed by atoms with Crippen molar-refractivity contribution < 1.29 is 14.3 Å². The summed E-state index contributed by atoms with van der Waals surface area (Å²) in [6, 6.07) is 4.42. The molecule has 3 nitrogen and oxygen atoms in total. The standard InChI is InChI=1S/C8H3Cl3O3/c9-7(12)4-1-2-5-6(3-4)14-8(10,11)13-5/h1-3H. The topological polar surface area (TPSA) is 35.5 Å². The van der Waals surface area contributed by atoms with Gasteiger partial charge in [-0.3, -0.25) is 4.79 Å². The Balaban J connectivity index is 2.40. The molecule has 0 aromatic heterocycles. The lowest BCUT2D eigenvalue weighted by Gasteiger charge is -2.09. The van der Waals surface area contributed by atoms with E-state index in [9.17, 15) is 4.79 Å². The molecule has 0 amide bonds. The summed E-state index contributed by atoms with van der Waals surface area (Å²) in [5.74, 6) is 0.665. The van der Waals surface area contributed by atoms with Crippen LogP contribution in [0.5, 0.6) is 11.5 Å². The van der Waals surface area contributed by atoms with Crippen molar-refractivity contribution in [2.75, 3.05) is 0 Å². The second-order valence-electron chi connectivity index (χ2n) is 2.60. The number of fused-ring (bicyclic) bond motifs is 1. The van der Waals surface area contributed by atoms with Crippen molar-refractivity contribution in [2.45, 2.75) is 4.71 Å². The lowest BCUT2D eigenvalue weighted by molar-refractivity contribution is 0.0848. The van der Waals surface area contributed by atoms with Crippen LogP contribution < -0.4 is 9.47 Å². The van der Waals surface area contributed by atoms with Gasteiger partial charge in [-0.2, -0.15) is 0 Å². The van der Waals surface area contributed by atoms with Crippen LogP contribution in [0.15, 0.2) is 18.2 Å². The molecule has 6 heteroatoms. The fourth-order valence-electron chi connectivity index (χ4n) is 1.07. The first-order valence-corrected chi connectivity index (χ1v) is 4.71. The van der Waals surface area contributed by atoms with E-state index in [1.165, 1.54) is 18.2 Å². The molecule has 1 aliphatic rings. The maximum Gasteiger partial charge on any atom is 0.419 e. The van der Waals surface area contributed by atoms with Crippen molar-refractivity contribution in [1.29, 1.82) is 0 Å². The van der Waals surface area contributed by atoms with Crippen LogP contribution in [0.1, 0.15) is 10.4 Å². The van der Waals surface area contributed by atoms with Crippen molar-refractivity contribution in [3.63, 3.8) is 0 Å². The predicted octanol–water partition coefficient (Wildman–Crippen LogP) is 2.93. The van der Waals surface area contributed by atoms with Crippen LogP contribution in [0, 0.1) is 0 Å². The lowest BCUT2D eigenvalue weighted by atomic mass is 10.2. The van der Waals surface area contributed by atoms with E-state index in [2.05, 4.69) is 0 Å². The highest BCUT2D eigenvalue weighted by atomic mass is 35.5. The van der Waals surface area contributed by atoms with Crippen LogP contribution in [0.2, 0.25) is 0 Å². The molecule has 1 aliphatic heterocycles. The van der Waals surface area contributed by atoms with Gasteiger partial charge >= 0.3 is 4.71 Å². The zero-order chi connectivity index (χ0) is 10.3. The molecule has 0 atom stereocenters. The lowest BCUT2D eigenvalue weighted by Crippen LogP contribution is -2.22. The second-order valence-corrected chi connectivity index (χ2v) is 4.13. The van der Waals surface area contributed by atoms with Gasteiger partial charge in [0.1, 0.15) is 0 Å². The third-order valence-electron chi connectivity index (χ3n) is 1.63. The minimum atomic E-state index is -1.73. The monoisotopic (exact) mass is 252 g/mol. The predicted molar refractivity (Wildman–Crippen MR) is 52.3 cm³/mol. The smallest absolute Gasteiger partial charge is 0.419 e. The number of carbonyl (C=O) groups excluding carboxylic acids is 1. The van der Waals surface area contributed by atoms with E-state index in [0.29, 0.717) is 17.1 Å². The zero-order valence-electron chi connectivity index (χ0n) is 6.59. The molecule has 0 N–H and O–H groups in total. The molecule has 1 aromatic carbocycles. The molecule has 74 valence electrons. The summed E-state index contributed by atoms with van der Waals surface area (Å²) in [4.78, 5) is 10.8. The van der Waals surface area contributed by atoms with E-state index < -0.39 is 9.95 Å². The minimum absolute atomic E-state index is 0.292. The fraction of sp³-hybridized carbons (Fsp3) is 0.125. The number of ether oxygens (including phenoxy) is 2. The molecule has 1 aromatic rings. The molecular weight excluding hydrogens is 250 g/mol. The molecule has 0 unspecified atom stereocenters. The first-order chi connectivity index (χ1) is 6.48. The van der Waals surface area contributed by atoms with E-state index in [-0.39, 0.29) is 0 Å². The second kappa shape index (κ2) is 3.19. The van der Waals surface area contributed by atoms with E-state index in [1.807, 2.05) is 0 Å². The third kappa shape index (κ3) is 1.75. The molecule has 0 saturated carbocycles. The number of alkyl halides is 2. The Morgan fingerprint density at radius 2 is 1.86 bits per heavy atom. The number of carbonyl (C=O) groups is 1. The quantitative estimate of drug-likeness (QED) is 0.570. The average molecular weight is 253 g/mol. The van der Waals surface area contributed by atoms with Crippen LogP contribution in [-0.2, 0) is 0 Å². The Morgan fingerprint density at radius 1 is 1.21 bits per heavy atom. The number of benzene rings is 1. The van der Waals surface area contributed by atoms with E-state index >= 15 is 0 Å². The molecule has 0 radical (unpaired) electrons. The highest BCUT2D eigenvalue weighted by Gasteiger charge is 2.37. The van der Waals surface area contributed by atoms with E-state index in [1.54, 1.807) is 0 Å². The molecular formula is C8H3Cl3O3. The van der Waals surface area contributed by atoms with Crippen LogP contribution in [0.4, 0.5) is 0 Å². The summed E-state index contributed by atoms with van der Waals surface area (Å²) in [7, 11) is 0. The Bertz CT molecular complexity index is 403. The number of hydrogen-bond donors (Lipinski definition) is 0. The summed E-state index contributed by atoms with van der Waals surface area (Å²) >= 11 is 16.4. The Kier molecular flexibility index (Phi) is 2.26. The van der Waals surface area contributed by atoms with Crippen LogP contribution >= 0.6 is 34.8 Å². The van der Waals surface area contributed by atoms with Crippen molar-refractivity contribution in [3.8, 4) is 11.5 Å². The van der Waals surface area contributed by atoms with E-state index in [0.717, 1.165) is 0 Å². The van der Waals surface area contributed by atoms with Gasteiger partial charge in [0.05, 0.1) is 0 Å². The first-order valence-electron chi connectivity index (χ1n) is 3.58. The molecule has 0 saturated heterocycles. The summed E-state index contributed by atoms with van der Waals surface area (Å²) in [5.41, 5.74) is 0.292. The maximum atomic E-state index is 10.8. The van der Waals surface area contributed by atoms with Crippen molar-refractivity contribution in [1.82, 2.24) is 0 Å². The van der Waals surface area contributed by atoms with Crippen LogP contribution in [0.3, 0.4) is 0 Å². The summed E-state index contributed by atoms with van der Waals surface area (Å²) in [6.45, 7) is 0. The minimum Gasteiger partial charge on any atom is -0.423 e. The first kappa shape index (κ1) is 9.90. The Labute approximate surface area is 94.5 Å². The molecule has 0 fully saturated rings. The molecule has 0 spiro atoms. The largest absolute Gasteiger partial charge is 0.423 e. The summed E-state index contributed by atoms with van der Waals surface area (Å²) in [5, 5.41) is -0.585. The van der Waals surface area contributed by atoms with Crippen molar-refractivity contribution in [2.24, 2.45) is 0 Å². The van der Waals surface area contributed by atoms with Gasteiger partial charge in [-0.05, 0) is 53.0 Å². The summed E-state index contributed by atoms with van der Waals surface area (Å²) in [6.07, 6.45) is 0. The van der Waals surface area contributed by atoms with Crippen LogP contribution in [-0.4, -0.2) is 9.95 Å². The SMILES string of the molecule is O=C(Cl)c1ccc2c(c1)OC(Cl)(Cl)O2. The number of rotatable bonds is 1. The van der Waals surface area contributed by atoms with Crippen molar-refractivity contribution in [3.05, 3.63) is 23.8 Å².